The molecule has 0 aromatic heterocycles. The molecule has 9 nitrogen and oxygen atoms in total. The lowest BCUT2D eigenvalue weighted by Gasteiger charge is -2.36. The predicted octanol–water partition coefficient (Wildman–Crippen LogP) is 2.17. The zero-order valence-electron chi connectivity index (χ0n) is 14.7. The smallest absolute Gasteiger partial charge is 0.323 e. The molecular weight excluding hydrogens is 359 g/mol. The number of carbonyl (C=O) groups is 3. The first kappa shape index (κ1) is 18.7. The lowest BCUT2D eigenvalue weighted by atomic mass is 9.73. The molecule has 2 aliphatic rings. The molecule has 10 heteroatoms. The third-order valence-corrected chi connectivity index (χ3v) is 5.24. The summed E-state index contributed by atoms with van der Waals surface area (Å²) in [5.41, 5.74) is -1.77. The van der Waals surface area contributed by atoms with E-state index in [1.165, 1.54) is 0 Å². The molecule has 2 N–H and O–H groups in total. The highest BCUT2D eigenvalue weighted by Crippen LogP contribution is 2.38. The molecule has 4 amide bonds. The fraction of sp³-hybridized carbons (Fsp3) is 0.471. The van der Waals surface area contributed by atoms with Crippen molar-refractivity contribution in [3.8, 4) is 0 Å². The van der Waals surface area contributed by atoms with Gasteiger partial charge in [0.15, 0.2) is 0 Å². The molecule has 1 aromatic carbocycles. The molecule has 3 rings (SSSR count). The summed E-state index contributed by atoms with van der Waals surface area (Å²) in [7, 11) is 0. The fourth-order valence-corrected chi connectivity index (χ4v) is 3.69. The quantitative estimate of drug-likeness (QED) is 0.472. The standard InChI is InChI=1S/C17H19FN4O5/c1-10-4-2-3-7-17(10)15(24)21(16(25)20-17)9-14(23)19-13-8-11(22(26)27)5-6-12(13)18/h5-6,8,10H,2-4,7,9H2,1H3,(H,19,23)(H,20,25)/t10-,17+/m1/s1. The largest absolute Gasteiger partial charge is 0.325 e. The maximum Gasteiger partial charge on any atom is 0.325 e. The van der Waals surface area contributed by atoms with Gasteiger partial charge < -0.3 is 10.6 Å². The normalized spacial score (nSPS) is 24.8. The minimum absolute atomic E-state index is 0.0509. The van der Waals surface area contributed by atoms with E-state index in [0.29, 0.717) is 6.42 Å². The van der Waals surface area contributed by atoms with Crippen LogP contribution in [0, 0.1) is 21.8 Å². The first-order chi connectivity index (χ1) is 12.7. The zero-order valence-corrected chi connectivity index (χ0v) is 14.7. The number of non-ortho nitro benzene ring substituents is 1. The molecular formula is C17H19FN4O5. The topological polar surface area (TPSA) is 122 Å². The van der Waals surface area contributed by atoms with Crippen molar-refractivity contribution in [2.75, 3.05) is 11.9 Å². The maximum atomic E-state index is 13.8. The number of anilines is 1. The Bertz CT molecular complexity index is 830. The molecule has 0 bridgehead atoms. The summed E-state index contributed by atoms with van der Waals surface area (Å²) in [5, 5.41) is 15.7. The zero-order chi connectivity index (χ0) is 19.8. The van der Waals surface area contributed by atoms with Crippen molar-refractivity contribution < 1.29 is 23.7 Å². The number of nitro groups is 1. The minimum atomic E-state index is -0.994. The Morgan fingerprint density at radius 3 is 2.85 bits per heavy atom. The number of hydrogen-bond acceptors (Lipinski definition) is 5. The van der Waals surface area contributed by atoms with E-state index in [9.17, 15) is 28.9 Å². The van der Waals surface area contributed by atoms with Crippen LogP contribution >= 0.6 is 0 Å². The van der Waals surface area contributed by atoms with E-state index in [-0.39, 0.29) is 11.6 Å². The highest BCUT2D eigenvalue weighted by molar-refractivity contribution is 6.10. The fourth-order valence-electron chi connectivity index (χ4n) is 3.69. The van der Waals surface area contributed by atoms with Crippen molar-refractivity contribution in [3.63, 3.8) is 0 Å². The number of nitrogens with zero attached hydrogens (tertiary/aromatic N) is 2. The summed E-state index contributed by atoms with van der Waals surface area (Å²) in [5.74, 6) is -2.19. The van der Waals surface area contributed by atoms with E-state index < -0.39 is 46.4 Å². The maximum absolute atomic E-state index is 13.8. The molecule has 1 saturated heterocycles. The highest BCUT2D eigenvalue weighted by atomic mass is 19.1. The van der Waals surface area contributed by atoms with Crippen molar-refractivity contribution >= 4 is 29.2 Å². The Labute approximate surface area is 154 Å². The Morgan fingerprint density at radius 2 is 2.19 bits per heavy atom. The number of nitro benzene ring substituents is 1. The number of carbonyl (C=O) groups excluding carboxylic acids is 3. The Balaban J connectivity index is 1.73. The lowest BCUT2D eigenvalue weighted by molar-refractivity contribution is -0.384. The second-order valence-electron chi connectivity index (χ2n) is 6.91. The summed E-state index contributed by atoms with van der Waals surface area (Å²) < 4.78 is 13.8. The van der Waals surface area contributed by atoms with Crippen molar-refractivity contribution in [1.82, 2.24) is 10.2 Å². The van der Waals surface area contributed by atoms with Gasteiger partial charge in [-0.1, -0.05) is 19.8 Å². The van der Waals surface area contributed by atoms with Crippen LogP contribution in [0.4, 0.5) is 20.6 Å². The first-order valence-corrected chi connectivity index (χ1v) is 8.62. The summed E-state index contributed by atoms with van der Waals surface area (Å²) >= 11 is 0. The number of imide groups is 1. The molecule has 27 heavy (non-hydrogen) atoms. The van der Waals surface area contributed by atoms with Gasteiger partial charge in [0.05, 0.1) is 10.6 Å². The van der Waals surface area contributed by atoms with E-state index in [0.717, 1.165) is 42.4 Å². The van der Waals surface area contributed by atoms with Crippen molar-refractivity contribution in [1.29, 1.82) is 0 Å². The van der Waals surface area contributed by atoms with Gasteiger partial charge in [-0.2, -0.15) is 0 Å². The molecule has 1 spiro atoms. The summed E-state index contributed by atoms with van der Waals surface area (Å²) in [6, 6.07) is 2.05. The molecule has 0 unspecified atom stereocenters. The van der Waals surface area contributed by atoms with Crippen molar-refractivity contribution in [3.05, 3.63) is 34.1 Å². The van der Waals surface area contributed by atoms with Gasteiger partial charge in [-0.25, -0.2) is 9.18 Å². The summed E-state index contributed by atoms with van der Waals surface area (Å²) in [6.45, 7) is 1.29. The monoisotopic (exact) mass is 378 g/mol. The van der Waals surface area contributed by atoms with Gasteiger partial charge in [0.25, 0.3) is 11.6 Å². The van der Waals surface area contributed by atoms with Gasteiger partial charge in [0.1, 0.15) is 17.9 Å². The van der Waals surface area contributed by atoms with E-state index in [4.69, 9.17) is 0 Å². The molecule has 1 aliphatic heterocycles. The third-order valence-electron chi connectivity index (χ3n) is 5.24. The average Bonchev–Trinajstić information content (AvgIpc) is 2.84. The minimum Gasteiger partial charge on any atom is -0.323 e. The average molecular weight is 378 g/mol. The van der Waals surface area contributed by atoms with Crippen LogP contribution in [0.1, 0.15) is 32.6 Å². The van der Waals surface area contributed by atoms with Crippen LogP contribution in [-0.2, 0) is 9.59 Å². The Hall–Kier alpha value is -3.04. The van der Waals surface area contributed by atoms with Crippen molar-refractivity contribution in [2.24, 2.45) is 5.92 Å². The number of rotatable bonds is 4. The second-order valence-corrected chi connectivity index (χ2v) is 6.91. The Morgan fingerprint density at radius 1 is 1.44 bits per heavy atom. The molecule has 1 saturated carbocycles. The van der Waals surface area contributed by atoms with Crippen LogP contribution in [0.5, 0.6) is 0 Å². The van der Waals surface area contributed by atoms with Gasteiger partial charge >= 0.3 is 6.03 Å². The van der Waals surface area contributed by atoms with E-state index >= 15 is 0 Å². The number of benzene rings is 1. The number of halogens is 1. The van der Waals surface area contributed by atoms with Crippen LogP contribution in [0.3, 0.4) is 0 Å². The number of amides is 4. The Kier molecular flexibility index (Phi) is 4.81. The van der Waals surface area contributed by atoms with E-state index in [1.54, 1.807) is 0 Å². The van der Waals surface area contributed by atoms with Crippen LogP contribution in [-0.4, -0.2) is 39.8 Å². The first-order valence-electron chi connectivity index (χ1n) is 8.62. The molecule has 1 aromatic rings. The number of nitrogens with one attached hydrogen (secondary N) is 2. The van der Waals surface area contributed by atoms with Gasteiger partial charge in [-0.05, 0) is 24.8 Å². The third kappa shape index (κ3) is 3.34. The van der Waals surface area contributed by atoms with Crippen LogP contribution < -0.4 is 10.6 Å². The summed E-state index contributed by atoms with van der Waals surface area (Å²) in [4.78, 5) is 48.1. The van der Waals surface area contributed by atoms with Crippen LogP contribution in [0.15, 0.2) is 18.2 Å². The lowest BCUT2D eigenvalue weighted by Crippen LogP contribution is -2.54. The molecule has 144 valence electrons. The molecule has 2 atom stereocenters. The van der Waals surface area contributed by atoms with Gasteiger partial charge in [0, 0.05) is 12.1 Å². The molecule has 2 fully saturated rings. The van der Waals surface area contributed by atoms with Crippen LogP contribution in [0.25, 0.3) is 0 Å². The molecule has 1 aliphatic carbocycles. The van der Waals surface area contributed by atoms with Crippen molar-refractivity contribution in [2.45, 2.75) is 38.1 Å². The number of urea groups is 1. The number of hydrogen-bond donors (Lipinski definition) is 2. The van der Waals surface area contributed by atoms with Crippen LogP contribution in [0.2, 0.25) is 0 Å². The highest BCUT2D eigenvalue weighted by Gasteiger charge is 2.55. The van der Waals surface area contributed by atoms with E-state index in [1.807, 2.05) is 6.92 Å². The SMILES string of the molecule is C[C@@H]1CCCC[C@]12NC(=O)N(CC(=O)Nc1cc([N+](=O)[O-])ccc1F)C2=O. The molecule has 1 heterocycles. The summed E-state index contributed by atoms with van der Waals surface area (Å²) in [6.07, 6.45) is 3.08. The van der Waals surface area contributed by atoms with Gasteiger partial charge in [-0.15, -0.1) is 0 Å². The van der Waals surface area contributed by atoms with Gasteiger partial charge in [-0.3, -0.25) is 24.6 Å². The van der Waals surface area contributed by atoms with E-state index in [2.05, 4.69) is 10.6 Å². The van der Waals surface area contributed by atoms with Gasteiger partial charge in [0.2, 0.25) is 5.91 Å². The second kappa shape index (κ2) is 6.93. The molecule has 0 radical (unpaired) electrons. The predicted molar refractivity (Wildman–Crippen MR) is 92.3 cm³/mol.